The monoisotopic (exact) mass is 155 g/mol. The van der Waals surface area contributed by atoms with Crippen LogP contribution < -0.4 is 5.32 Å². The lowest BCUT2D eigenvalue weighted by atomic mass is 9.91. The molecule has 0 bridgehead atoms. The van der Waals surface area contributed by atoms with Crippen molar-refractivity contribution in [3.8, 4) is 0 Å². The van der Waals surface area contributed by atoms with E-state index in [0.29, 0.717) is 6.10 Å². The number of unbranched alkanes of at least 4 members (excludes halogenated alkanes) is 1. The fourth-order valence-corrected chi connectivity index (χ4v) is 1.37. The van der Waals surface area contributed by atoms with Gasteiger partial charge in [0, 0.05) is 6.54 Å². The van der Waals surface area contributed by atoms with Crippen molar-refractivity contribution in [3.63, 3.8) is 0 Å². The maximum atomic E-state index is 5.64. The number of hydrogen-bond acceptors (Lipinski definition) is 2. The highest BCUT2D eigenvalue weighted by atomic mass is 16.4. The summed E-state index contributed by atoms with van der Waals surface area (Å²) < 4.78 is 5.64. The van der Waals surface area contributed by atoms with Crippen LogP contribution in [0.15, 0.2) is 0 Å². The second kappa shape index (κ2) is 5.61. The van der Waals surface area contributed by atoms with E-state index in [4.69, 9.17) is 4.65 Å². The molecule has 1 aliphatic heterocycles. The minimum atomic E-state index is 0.506. The first-order valence-corrected chi connectivity index (χ1v) is 4.76. The van der Waals surface area contributed by atoms with Crippen LogP contribution in [0.5, 0.6) is 0 Å². The first kappa shape index (κ1) is 9.08. The van der Waals surface area contributed by atoms with Gasteiger partial charge in [0.25, 0.3) is 7.48 Å². The van der Waals surface area contributed by atoms with Crippen molar-refractivity contribution in [1.82, 2.24) is 5.32 Å². The number of nitrogens with one attached hydrogen (secondary N) is 1. The van der Waals surface area contributed by atoms with Crippen LogP contribution >= 0.6 is 0 Å². The maximum Gasteiger partial charge on any atom is 0.275 e. The van der Waals surface area contributed by atoms with E-state index in [1.54, 1.807) is 0 Å². The first-order chi connectivity index (χ1) is 5.43. The van der Waals surface area contributed by atoms with Gasteiger partial charge in [0.15, 0.2) is 0 Å². The van der Waals surface area contributed by atoms with Gasteiger partial charge in [-0.1, -0.05) is 26.1 Å². The third-order valence-electron chi connectivity index (χ3n) is 2.12. The van der Waals surface area contributed by atoms with E-state index in [1.165, 1.54) is 25.6 Å². The zero-order valence-corrected chi connectivity index (χ0v) is 7.44. The number of hydrogen-bond donors (Lipinski definition) is 1. The van der Waals surface area contributed by atoms with Crippen molar-refractivity contribution >= 4 is 7.48 Å². The van der Waals surface area contributed by atoms with Crippen LogP contribution in [-0.2, 0) is 4.65 Å². The Kier molecular flexibility index (Phi) is 4.63. The normalized spacial score (nSPS) is 23.9. The van der Waals surface area contributed by atoms with Gasteiger partial charge in [0.1, 0.15) is 0 Å². The molecule has 0 spiro atoms. The lowest BCUT2D eigenvalue weighted by Gasteiger charge is -2.08. The Bertz CT molecular complexity index is 94.1. The van der Waals surface area contributed by atoms with E-state index in [9.17, 15) is 0 Å². The molecular formula is C8H18BNO. The molecule has 0 radical (unpaired) electrons. The van der Waals surface area contributed by atoms with Crippen LogP contribution in [0.4, 0.5) is 0 Å². The average Bonchev–Trinajstić information content (AvgIpc) is 2.50. The maximum absolute atomic E-state index is 5.64. The molecule has 0 aromatic carbocycles. The van der Waals surface area contributed by atoms with Gasteiger partial charge in [-0.3, -0.25) is 0 Å². The summed E-state index contributed by atoms with van der Waals surface area (Å²) in [6.07, 6.45) is 5.53. The summed E-state index contributed by atoms with van der Waals surface area (Å²) >= 11 is 0. The summed E-state index contributed by atoms with van der Waals surface area (Å²) in [5, 5.41) is 3.29. The quantitative estimate of drug-likeness (QED) is 0.471. The third kappa shape index (κ3) is 3.78. The van der Waals surface area contributed by atoms with E-state index < -0.39 is 0 Å². The fourth-order valence-electron chi connectivity index (χ4n) is 1.37. The van der Waals surface area contributed by atoms with Crippen molar-refractivity contribution < 1.29 is 4.65 Å². The summed E-state index contributed by atoms with van der Waals surface area (Å²) in [6, 6.07) is 0. The van der Waals surface area contributed by atoms with Crippen LogP contribution in [0.1, 0.15) is 26.2 Å². The van der Waals surface area contributed by atoms with Crippen molar-refractivity contribution in [1.29, 1.82) is 0 Å². The van der Waals surface area contributed by atoms with E-state index >= 15 is 0 Å². The van der Waals surface area contributed by atoms with Gasteiger partial charge in [-0.25, -0.2) is 0 Å². The van der Waals surface area contributed by atoms with Gasteiger partial charge in [0.2, 0.25) is 0 Å². The van der Waals surface area contributed by atoms with Gasteiger partial charge in [-0.15, -0.1) is 0 Å². The van der Waals surface area contributed by atoms with Gasteiger partial charge < -0.3 is 9.97 Å². The second-order valence-corrected chi connectivity index (χ2v) is 3.19. The van der Waals surface area contributed by atoms with Crippen LogP contribution in [-0.4, -0.2) is 26.7 Å². The van der Waals surface area contributed by atoms with E-state index in [-0.39, 0.29) is 0 Å². The molecule has 0 aromatic heterocycles. The molecule has 0 aromatic rings. The van der Waals surface area contributed by atoms with E-state index in [0.717, 1.165) is 20.6 Å². The highest BCUT2D eigenvalue weighted by Gasteiger charge is 2.13. The standard InChI is InChI=1S/C8H18BNO/c1-2-3-5-9-11-8-4-6-10-7-8/h8-10H,2-7H2,1H3/t8-/m1/s1. The summed E-state index contributed by atoms with van der Waals surface area (Å²) in [5.41, 5.74) is 0. The predicted octanol–water partition coefficient (Wildman–Crippen LogP) is 0.935. The van der Waals surface area contributed by atoms with Gasteiger partial charge in [-0.05, 0) is 13.0 Å². The molecule has 1 N–H and O–H groups in total. The smallest absolute Gasteiger partial charge is 0.275 e. The minimum absolute atomic E-state index is 0.506. The molecule has 0 amide bonds. The topological polar surface area (TPSA) is 21.3 Å². The lowest BCUT2D eigenvalue weighted by molar-refractivity contribution is 0.234. The summed E-state index contributed by atoms with van der Waals surface area (Å²) in [6.45, 7) is 4.42. The molecule has 1 heterocycles. The van der Waals surface area contributed by atoms with Crippen LogP contribution in [0.25, 0.3) is 0 Å². The van der Waals surface area contributed by atoms with E-state index in [1.807, 2.05) is 0 Å². The highest BCUT2D eigenvalue weighted by Crippen LogP contribution is 2.03. The highest BCUT2D eigenvalue weighted by molar-refractivity contribution is 6.27. The van der Waals surface area contributed by atoms with Crippen molar-refractivity contribution in [3.05, 3.63) is 0 Å². The summed E-state index contributed by atoms with van der Waals surface area (Å²) in [5.74, 6) is 0. The minimum Gasteiger partial charge on any atom is -0.436 e. The van der Waals surface area contributed by atoms with Gasteiger partial charge >= 0.3 is 0 Å². The van der Waals surface area contributed by atoms with Crippen LogP contribution in [0.2, 0.25) is 6.32 Å². The molecular weight excluding hydrogens is 137 g/mol. The number of rotatable bonds is 5. The Morgan fingerprint density at radius 2 is 2.55 bits per heavy atom. The molecule has 0 unspecified atom stereocenters. The molecule has 1 rings (SSSR count). The van der Waals surface area contributed by atoms with Crippen molar-refractivity contribution in [2.45, 2.75) is 38.6 Å². The second-order valence-electron chi connectivity index (χ2n) is 3.19. The molecule has 3 heteroatoms. The zero-order valence-electron chi connectivity index (χ0n) is 7.44. The Balaban J connectivity index is 1.86. The lowest BCUT2D eigenvalue weighted by Crippen LogP contribution is -2.18. The molecule has 64 valence electrons. The third-order valence-corrected chi connectivity index (χ3v) is 2.12. The summed E-state index contributed by atoms with van der Waals surface area (Å²) in [7, 11) is 0.959. The van der Waals surface area contributed by atoms with Gasteiger partial charge in [0.05, 0.1) is 6.10 Å². The van der Waals surface area contributed by atoms with Crippen LogP contribution in [0, 0.1) is 0 Å². The predicted molar refractivity (Wildman–Crippen MR) is 49.2 cm³/mol. The van der Waals surface area contributed by atoms with Gasteiger partial charge in [-0.2, -0.15) is 0 Å². The molecule has 11 heavy (non-hydrogen) atoms. The molecule has 1 saturated heterocycles. The largest absolute Gasteiger partial charge is 0.436 e. The Labute approximate surface area is 70.0 Å². The Hall–Kier alpha value is -0.0151. The van der Waals surface area contributed by atoms with Crippen LogP contribution in [0.3, 0.4) is 0 Å². The Morgan fingerprint density at radius 1 is 1.64 bits per heavy atom. The fraction of sp³-hybridized carbons (Fsp3) is 1.00. The molecule has 0 saturated carbocycles. The molecule has 0 aliphatic carbocycles. The Morgan fingerprint density at radius 3 is 3.18 bits per heavy atom. The molecule has 2 nitrogen and oxygen atoms in total. The molecule has 1 aliphatic rings. The zero-order chi connectivity index (χ0) is 7.94. The summed E-state index contributed by atoms with van der Waals surface area (Å²) in [4.78, 5) is 0. The molecule has 1 atom stereocenters. The SMILES string of the molecule is CCCCBO[C@@H]1CCNC1. The molecule has 1 fully saturated rings. The van der Waals surface area contributed by atoms with Crippen molar-refractivity contribution in [2.24, 2.45) is 0 Å². The first-order valence-electron chi connectivity index (χ1n) is 4.76. The average molecular weight is 155 g/mol. The van der Waals surface area contributed by atoms with Crippen molar-refractivity contribution in [2.75, 3.05) is 13.1 Å². The van der Waals surface area contributed by atoms with E-state index in [2.05, 4.69) is 12.2 Å².